The third-order valence-corrected chi connectivity index (χ3v) is 7.72. The van der Waals surface area contributed by atoms with Crippen LogP contribution in [-0.2, 0) is 4.79 Å². The Balaban J connectivity index is 1.70. The number of fused-ring (bicyclic) bond motifs is 1. The van der Waals surface area contributed by atoms with Crippen molar-refractivity contribution in [3.05, 3.63) is 47.5 Å². The molecule has 1 heterocycles. The van der Waals surface area contributed by atoms with Gasteiger partial charge in [-0.15, -0.1) is 0 Å². The third-order valence-electron chi connectivity index (χ3n) is 7.72. The van der Waals surface area contributed by atoms with Gasteiger partial charge in [0.15, 0.2) is 11.5 Å². The van der Waals surface area contributed by atoms with E-state index in [9.17, 15) is 9.90 Å². The lowest BCUT2D eigenvalue weighted by Gasteiger charge is -2.52. The number of piperidine rings is 1. The lowest BCUT2D eigenvalue weighted by Crippen LogP contribution is -2.56. The predicted octanol–water partition coefficient (Wildman–Crippen LogP) is 4.64. The fourth-order valence-corrected chi connectivity index (χ4v) is 5.84. The van der Waals surface area contributed by atoms with Gasteiger partial charge in [0.1, 0.15) is 11.5 Å². The maximum Gasteiger partial charge on any atom is 0.247 e. The summed E-state index contributed by atoms with van der Waals surface area (Å²) in [7, 11) is 7.89. The molecule has 2 aromatic rings. The SMILES string of the molecule is COc1ccc([C@H]2[C@@H]3CCCC[C@]3(O)CCN2C(=O)/C=C/c2cc(OC)c(OC)c(OC)c2)c(OC)c1. The highest BCUT2D eigenvalue weighted by Gasteiger charge is 2.50. The van der Waals surface area contributed by atoms with Crippen LogP contribution in [0.1, 0.15) is 49.3 Å². The lowest BCUT2D eigenvalue weighted by atomic mass is 9.66. The molecule has 2 fully saturated rings. The van der Waals surface area contributed by atoms with Crippen LogP contribution in [0.15, 0.2) is 36.4 Å². The first-order valence-corrected chi connectivity index (χ1v) is 12.6. The van der Waals surface area contributed by atoms with Crippen LogP contribution in [0.5, 0.6) is 28.7 Å². The van der Waals surface area contributed by atoms with E-state index < -0.39 is 5.60 Å². The number of carbonyl (C=O) groups excluding carboxylic acids is 1. The molecule has 200 valence electrons. The van der Waals surface area contributed by atoms with Crippen molar-refractivity contribution in [1.29, 1.82) is 0 Å². The van der Waals surface area contributed by atoms with Gasteiger partial charge in [-0.2, -0.15) is 0 Å². The van der Waals surface area contributed by atoms with Crippen molar-refractivity contribution in [2.24, 2.45) is 5.92 Å². The molecule has 1 aliphatic carbocycles. The first-order chi connectivity index (χ1) is 17.9. The second-order valence-corrected chi connectivity index (χ2v) is 9.58. The molecule has 0 spiro atoms. The van der Waals surface area contributed by atoms with Gasteiger partial charge in [0.2, 0.25) is 11.7 Å². The summed E-state index contributed by atoms with van der Waals surface area (Å²) < 4.78 is 27.4. The number of aliphatic hydroxyl groups is 1. The van der Waals surface area contributed by atoms with Gasteiger partial charge in [0.25, 0.3) is 0 Å². The Morgan fingerprint density at radius 1 is 0.919 bits per heavy atom. The van der Waals surface area contributed by atoms with Gasteiger partial charge in [-0.1, -0.05) is 12.8 Å². The van der Waals surface area contributed by atoms with Crippen LogP contribution in [0.4, 0.5) is 0 Å². The van der Waals surface area contributed by atoms with Crippen molar-refractivity contribution in [2.45, 2.75) is 43.7 Å². The van der Waals surface area contributed by atoms with Gasteiger partial charge in [0.05, 0.1) is 47.2 Å². The van der Waals surface area contributed by atoms with E-state index in [1.165, 1.54) is 0 Å². The molecule has 37 heavy (non-hydrogen) atoms. The molecule has 8 nitrogen and oxygen atoms in total. The lowest BCUT2D eigenvalue weighted by molar-refractivity contribution is -0.151. The highest BCUT2D eigenvalue weighted by atomic mass is 16.5. The average Bonchev–Trinajstić information content (AvgIpc) is 2.93. The van der Waals surface area contributed by atoms with E-state index in [-0.39, 0.29) is 17.9 Å². The number of amides is 1. The van der Waals surface area contributed by atoms with Crippen molar-refractivity contribution < 1.29 is 33.6 Å². The second-order valence-electron chi connectivity index (χ2n) is 9.58. The largest absolute Gasteiger partial charge is 0.497 e. The summed E-state index contributed by atoms with van der Waals surface area (Å²) in [5.74, 6) is 2.62. The summed E-state index contributed by atoms with van der Waals surface area (Å²) in [6.45, 7) is 0.450. The van der Waals surface area contributed by atoms with E-state index in [2.05, 4.69) is 0 Å². The minimum atomic E-state index is -0.801. The van der Waals surface area contributed by atoms with Gasteiger partial charge in [-0.05, 0) is 55.2 Å². The normalized spacial score (nSPS) is 23.4. The Morgan fingerprint density at radius 2 is 1.62 bits per heavy atom. The number of nitrogens with zero attached hydrogens (tertiary/aromatic N) is 1. The van der Waals surface area contributed by atoms with E-state index >= 15 is 0 Å². The number of methoxy groups -OCH3 is 5. The predicted molar refractivity (Wildman–Crippen MR) is 141 cm³/mol. The minimum Gasteiger partial charge on any atom is -0.497 e. The van der Waals surface area contributed by atoms with Gasteiger partial charge < -0.3 is 33.7 Å². The van der Waals surface area contributed by atoms with Crippen LogP contribution in [0.25, 0.3) is 6.08 Å². The Labute approximate surface area is 218 Å². The van der Waals surface area contributed by atoms with Crippen molar-refractivity contribution in [3.63, 3.8) is 0 Å². The molecule has 2 aliphatic rings. The topological polar surface area (TPSA) is 86.7 Å². The molecule has 0 bridgehead atoms. The molecule has 2 aromatic carbocycles. The van der Waals surface area contributed by atoms with E-state index in [4.69, 9.17) is 23.7 Å². The number of hydrogen-bond acceptors (Lipinski definition) is 7. The number of likely N-dealkylation sites (tertiary alicyclic amines) is 1. The number of rotatable bonds is 8. The average molecular weight is 512 g/mol. The maximum absolute atomic E-state index is 13.7. The molecule has 1 amide bonds. The zero-order valence-corrected chi connectivity index (χ0v) is 22.3. The van der Waals surface area contributed by atoms with Crippen LogP contribution in [0, 0.1) is 5.92 Å². The summed E-state index contributed by atoms with van der Waals surface area (Å²) >= 11 is 0. The zero-order chi connectivity index (χ0) is 26.6. The molecule has 0 aromatic heterocycles. The Kier molecular flexibility index (Phi) is 8.17. The monoisotopic (exact) mass is 511 g/mol. The fourth-order valence-electron chi connectivity index (χ4n) is 5.84. The molecule has 0 radical (unpaired) electrons. The molecule has 1 saturated heterocycles. The standard InChI is InChI=1S/C29H37NO7/c1-33-20-10-11-21(23(18-20)34-2)27-22-8-6-7-13-29(22,32)14-15-30(27)26(31)12-9-19-16-24(35-3)28(37-5)25(17-19)36-4/h9-12,16-18,22,27,32H,6-8,13-15H2,1-5H3/b12-9+/t22-,27-,29-/m0/s1. The molecule has 3 atom stereocenters. The summed E-state index contributed by atoms with van der Waals surface area (Å²) in [4.78, 5) is 15.6. The second kappa shape index (κ2) is 11.3. The van der Waals surface area contributed by atoms with E-state index in [0.717, 1.165) is 36.8 Å². The van der Waals surface area contributed by atoms with Crippen molar-refractivity contribution in [2.75, 3.05) is 42.1 Å². The molecule has 4 rings (SSSR count). The Morgan fingerprint density at radius 3 is 2.24 bits per heavy atom. The highest BCUT2D eigenvalue weighted by Crippen LogP contribution is 2.51. The molecule has 0 unspecified atom stereocenters. The van der Waals surface area contributed by atoms with E-state index in [1.807, 2.05) is 23.1 Å². The molecule has 1 N–H and O–H groups in total. The van der Waals surface area contributed by atoms with Crippen LogP contribution < -0.4 is 23.7 Å². The Hall–Kier alpha value is -3.39. The summed E-state index contributed by atoms with van der Waals surface area (Å²) in [5, 5.41) is 11.6. The summed E-state index contributed by atoms with van der Waals surface area (Å²) in [6, 6.07) is 8.93. The van der Waals surface area contributed by atoms with E-state index in [0.29, 0.717) is 41.7 Å². The first-order valence-electron chi connectivity index (χ1n) is 12.6. The van der Waals surface area contributed by atoms with Crippen LogP contribution in [-0.4, -0.2) is 63.6 Å². The van der Waals surface area contributed by atoms with Crippen LogP contribution in [0.3, 0.4) is 0 Å². The molecule has 1 saturated carbocycles. The quantitative estimate of drug-likeness (QED) is 0.517. The zero-order valence-electron chi connectivity index (χ0n) is 22.3. The number of benzene rings is 2. The van der Waals surface area contributed by atoms with Gasteiger partial charge in [-0.25, -0.2) is 0 Å². The van der Waals surface area contributed by atoms with E-state index in [1.54, 1.807) is 59.8 Å². The smallest absolute Gasteiger partial charge is 0.247 e. The third kappa shape index (κ3) is 5.21. The summed E-state index contributed by atoms with van der Waals surface area (Å²) in [6.07, 6.45) is 7.47. The number of carbonyl (C=O) groups is 1. The van der Waals surface area contributed by atoms with Crippen LogP contribution >= 0.6 is 0 Å². The minimum absolute atomic E-state index is 0.0872. The number of ether oxygens (including phenoxy) is 5. The van der Waals surface area contributed by atoms with Gasteiger partial charge in [0, 0.05) is 30.2 Å². The molecule has 8 heteroatoms. The summed E-state index contributed by atoms with van der Waals surface area (Å²) in [5.41, 5.74) is 0.820. The van der Waals surface area contributed by atoms with Gasteiger partial charge in [-0.3, -0.25) is 4.79 Å². The van der Waals surface area contributed by atoms with Gasteiger partial charge >= 0.3 is 0 Å². The highest BCUT2D eigenvalue weighted by molar-refractivity contribution is 5.92. The fraction of sp³-hybridized carbons (Fsp3) is 0.483. The van der Waals surface area contributed by atoms with Crippen molar-refractivity contribution in [1.82, 2.24) is 4.90 Å². The van der Waals surface area contributed by atoms with Crippen molar-refractivity contribution >= 4 is 12.0 Å². The maximum atomic E-state index is 13.7. The first kappa shape index (κ1) is 26.7. The number of hydrogen-bond donors (Lipinski definition) is 1. The molecular formula is C29H37NO7. The Bertz CT molecular complexity index is 1120. The molecule has 1 aliphatic heterocycles. The van der Waals surface area contributed by atoms with Crippen molar-refractivity contribution in [3.8, 4) is 28.7 Å². The molecular weight excluding hydrogens is 474 g/mol. The van der Waals surface area contributed by atoms with Crippen LogP contribution in [0.2, 0.25) is 0 Å².